The molecular formula is C64H43N3O2. The lowest BCUT2D eigenvalue weighted by molar-refractivity contribution is 0.411. The number of nitrogens with zero attached hydrogens (tertiary/aromatic N) is 1. The van der Waals surface area contributed by atoms with Crippen molar-refractivity contribution in [3.63, 3.8) is 0 Å². The Labute approximate surface area is 400 Å². The smallest absolute Gasteiger partial charge is 0.140 e. The molecule has 0 fully saturated rings. The summed E-state index contributed by atoms with van der Waals surface area (Å²) in [5.74, 6) is 2.55. The Morgan fingerprint density at radius 3 is 1.77 bits per heavy atom. The van der Waals surface area contributed by atoms with Gasteiger partial charge >= 0.3 is 0 Å². The Morgan fingerprint density at radius 2 is 1.00 bits per heavy atom. The Kier molecular flexibility index (Phi) is 8.95. The molecule has 1 aromatic heterocycles. The van der Waals surface area contributed by atoms with Gasteiger partial charge in [0, 0.05) is 38.6 Å². The molecule has 0 amide bonds. The Morgan fingerprint density at radius 1 is 0.420 bits per heavy atom. The second-order valence-corrected chi connectivity index (χ2v) is 18.2. The van der Waals surface area contributed by atoms with E-state index in [1.54, 1.807) is 0 Å². The van der Waals surface area contributed by atoms with Crippen LogP contribution in [-0.2, 0) is 5.41 Å². The highest BCUT2D eigenvalue weighted by atomic mass is 16.5. The zero-order valence-electron chi connectivity index (χ0n) is 37.4. The quantitative estimate of drug-likeness (QED) is 0.175. The largest absolute Gasteiger partial charge is 0.456 e. The maximum Gasteiger partial charge on any atom is 0.140 e. The molecule has 11 aromatic rings. The van der Waals surface area contributed by atoms with Gasteiger partial charge in [-0.25, -0.2) is 4.99 Å². The van der Waals surface area contributed by atoms with Crippen LogP contribution in [0.4, 0.5) is 0 Å². The molecule has 2 unspecified atom stereocenters. The Hall–Kier alpha value is -8.77. The highest BCUT2D eigenvalue weighted by Crippen LogP contribution is 2.63. The predicted molar refractivity (Wildman–Crippen MR) is 279 cm³/mol. The van der Waals surface area contributed by atoms with Gasteiger partial charge in [-0.05, 0) is 86.0 Å². The van der Waals surface area contributed by atoms with Crippen molar-refractivity contribution < 1.29 is 9.15 Å². The van der Waals surface area contributed by atoms with Crippen molar-refractivity contribution >= 4 is 27.8 Å². The fraction of sp³-hybridized carbons (Fsp3) is 0.0469. The highest BCUT2D eigenvalue weighted by Gasteiger charge is 2.51. The summed E-state index contributed by atoms with van der Waals surface area (Å²) < 4.78 is 13.9. The molecule has 5 heteroatoms. The van der Waals surface area contributed by atoms with E-state index in [1.165, 1.54) is 33.4 Å². The van der Waals surface area contributed by atoms with E-state index in [4.69, 9.17) is 14.1 Å². The second-order valence-electron chi connectivity index (χ2n) is 18.2. The molecule has 0 saturated carbocycles. The summed E-state index contributed by atoms with van der Waals surface area (Å²) in [4.78, 5) is 5.37. The van der Waals surface area contributed by atoms with E-state index in [1.807, 2.05) is 0 Å². The van der Waals surface area contributed by atoms with Crippen LogP contribution in [-0.4, -0.2) is 5.84 Å². The molecule has 2 aliphatic heterocycles. The summed E-state index contributed by atoms with van der Waals surface area (Å²) in [5.41, 5.74) is 18.3. The van der Waals surface area contributed by atoms with E-state index in [-0.39, 0.29) is 12.3 Å². The number of ether oxygens (including phenoxy) is 1. The molecule has 0 saturated heterocycles. The number of benzene rings is 10. The van der Waals surface area contributed by atoms with Gasteiger partial charge in [0.1, 0.15) is 40.8 Å². The van der Waals surface area contributed by atoms with E-state index in [0.29, 0.717) is 0 Å². The van der Waals surface area contributed by atoms with Crippen molar-refractivity contribution in [3.05, 3.63) is 276 Å². The fourth-order valence-corrected chi connectivity index (χ4v) is 11.4. The zero-order valence-corrected chi connectivity index (χ0v) is 37.4. The van der Waals surface area contributed by atoms with Crippen molar-refractivity contribution in [1.82, 2.24) is 10.6 Å². The number of hydrogen-bond acceptors (Lipinski definition) is 5. The third-order valence-electron chi connectivity index (χ3n) is 14.5. The van der Waals surface area contributed by atoms with Crippen molar-refractivity contribution in [3.8, 4) is 56.0 Å². The molecule has 2 N–H and O–H groups in total. The lowest BCUT2D eigenvalue weighted by atomic mass is 9.65. The molecular weight excluding hydrogens is 843 g/mol. The Bertz CT molecular complexity index is 3790. The number of amidine groups is 1. The van der Waals surface area contributed by atoms with Gasteiger partial charge in [0.15, 0.2) is 0 Å². The van der Waals surface area contributed by atoms with Gasteiger partial charge in [0.25, 0.3) is 0 Å². The first-order chi connectivity index (χ1) is 34.2. The molecule has 3 aliphatic rings. The van der Waals surface area contributed by atoms with Crippen molar-refractivity contribution in [2.24, 2.45) is 4.99 Å². The summed E-state index contributed by atoms with van der Waals surface area (Å²) in [6, 6.07) is 84.3. The van der Waals surface area contributed by atoms with Crippen LogP contribution in [0.1, 0.15) is 51.3 Å². The minimum atomic E-state index is -0.543. The summed E-state index contributed by atoms with van der Waals surface area (Å²) >= 11 is 0. The number of aliphatic imine (C=N–C) groups is 1. The topological polar surface area (TPSA) is 58.8 Å². The third-order valence-corrected chi connectivity index (χ3v) is 14.5. The fourth-order valence-electron chi connectivity index (χ4n) is 11.4. The van der Waals surface area contributed by atoms with E-state index in [0.717, 1.165) is 89.3 Å². The maximum atomic E-state index is 7.05. The molecule has 1 aliphatic carbocycles. The van der Waals surface area contributed by atoms with Crippen LogP contribution in [0.2, 0.25) is 0 Å². The minimum absolute atomic E-state index is 0.302. The average molecular weight is 886 g/mol. The molecule has 14 rings (SSSR count). The van der Waals surface area contributed by atoms with E-state index < -0.39 is 5.41 Å². The number of fused-ring (bicyclic) bond motifs is 12. The molecule has 69 heavy (non-hydrogen) atoms. The predicted octanol–water partition coefficient (Wildman–Crippen LogP) is 15.4. The van der Waals surface area contributed by atoms with Crippen LogP contribution in [0.5, 0.6) is 11.5 Å². The minimum Gasteiger partial charge on any atom is -0.456 e. The van der Waals surface area contributed by atoms with Crippen molar-refractivity contribution in [2.75, 3.05) is 0 Å². The molecule has 2 atom stereocenters. The van der Waals surface area contributed by atoms with Crippen LogP contribution < -0.4 is 15.4 Å². The SMILES string of the molecule is c1ccc(-c2ccc(C3N=C(c4cccc(-c5ccccc5)c4)NC(c4cccc5oc6cc(-c7cccc8c7Oc7ccccc7C87c8ccccc8-c8ccccc87)ccc6c45)N3)cc2)cc1. The Balaban J connectivity index is 0.879. The first-order valence-corrected chi connectivity index (χ1v) is 23.7. The van der Waals surface area contributed by atoms with Crippen LogP contribution >= 0.6 is 0 Å². The van der Waals surface area contributed by atoms with Gasteiger partial charge in [0.05, 0.1) is 5.41 Å². The molecule has 3 heterocycles. The molecule has 5 nitrogen and oxygen atoms in total. The molecule has 0 bridgehead atoms. The van der Waals surface area contributed by atoms with Gasteiger partial charge in [-0.3, -0.25) is 5.32 Å². The molecule has 1 spiro atoms. The van der Waals surface area contributed by atoms with Crippen molar-refractivity contribution in [2.45, 2.75) is 17.7 Å². The van der Waals surface area contributed by atoms with Gasteiger partial charge in [-0.2, -0.15) is 0 Å². The second kappa shape index (κ2) is 15.7. The van der Waals surface area contributed by atoms with Crippen LogP contribution in [0.25, 0.3) is 66.4 Å². The van der Waals surface area contributed by atoms with E-state index in [9.17, 15) is 0 Å². The van der Waals surface area contributed by atoms with Crippen LogP contribution in [0.15, 0.2) is 246 Å². The number of furan rings is 1. The molecule has 10 aromatic carbocycles. The maximum absolute atomic E-state index is 7.05. The number of nitrogens with one attached hydrogen (secondary N) is 2. The summed E-state index contributed by atoms with van der Waals surface area (Å²) in [6.45, 7) is 0. The lowest BCUT2D eigenvalue weighted by Gasteiger charge is -2.40. The molecule has 326 valence electrons. The number of rotatable bonds is 6. The molecule has 0 radical (unpaired) electrons. The lowest BCUT2D eigenvalue weighted by Crippen LogP contribution is -2.45. The third kappa shape index (κ3) is 6.18. The van der Waals surface area contributed by atoms with Gasteiger partial charge in [-0.15, -0.1) is 0 Å². The summed E-state index contributed by atoms with van der Waals surface area (Å²) in [5, 5.41) is 9.84. The van der Waals surface area contributed by atoms with E-state index in [2.05, 4.69) is 247 Å². The highest BCUT2D eigenvalue weighted by molar-refractivity contribution is 6.09. The standard InChI is InChI=1S/C64H43N3O2/c1-3-16-40(17-4-1)42-32-34-43(35-33-42)61-65-62(46-21-13-20-44(38-46)41-18-5-2-6-19-41)67-63(66-61)51-25-15-31-57-59(51)50-37-36-45(39-58(50)68-57)47-24-14-29-55-60(47)69-56-30-12-11-28-54(56)64(55)52-26-9-7-22-48(52)49-23-8-10-27-53(49)64/h1-39,61,63,66H,(H,65,67). The number of para-hydroxylation sites is 2. The first-order valence-electron chi connectivity index (χ1n) is 23.7. The van der Waals surface area contributed by atoms with Gasteiger partial charge in [-0.1, -0.05) is 206 Å². The van der Waals surface area contributed by atoms with Gasteiger partial charge in [0.2, 0.25) is 0 Å². The monoisotopic (exact) mass is 885 g/mol. The summed E-state index contributed by atoms with van der Waals surface area (Å²) in [7, 11) is 0. The zero-order chi connectivity index (χ0) is 45.5. The van der Waals surface area contributed by atoms with Crippen LogP contribution in [0.3, 0.4) is 0 Å². The first kappa shape index (κ1) is 39.4. The number of hydrogen-bond donors (Lipinski definition) is 2. The van der Waals surface area contributed by atoms with Gasteiger partial charge < -0.3 is 14.5 Å². The van der Waals surface area contributed by atoms with Crippen molar-refractivity contribution in [1.29, 1.82) is 0 Å². The summed E-state index contributed by atoms with van der Waals surface area (Å²) in [6.07, 6.45) is -0.628. The average Bonchev–Trinajstić information content (AvgIpc) is 3.95. The van der Waals surface area contributed by atoms with E-state index >= 15 is 0 Å². The normalized spacial score (nSPS) is 16.2. The van der Waals surface area contributed by atoms with Crippen LogP contribution in [0, 0.1) is 0 Å².